The molecule has 0 bridgehead atoms. The molecule has 0 aliphatic carbocycles. The highest BCUT2D eigenvalue weighted by Crippen LogP contribution is 2.26. The largest absolute Gasteiger partial charge is 0.298 e. The number of carbonyl (C=O) groups is 1. The molecule has 76 valence electrons. The van der Waals surface area contributed by atoms with Crippen molar-refractivity contribution in [2.45, 2.75) is 18.7 Å². The van der Waals surface area contributed by atoms with Gasteiger partial charge in [-0.05, 0) is 24.1 Å². The van der Waals surface area contributed by atoms with Crippen molar-refractivity contribution in [1.29, 1.82) is 0 Å². The molecule has 0 fully saturated rings. The van der Waals surface area contributed by atoms with E-state index in [0.29, 0.717) is 10.9 Å². The summed E-state index contributed by atoms with van der Waals surface area (Å²) in [6.45, 7) is 4.30. The molecule has 0 aromatic heterocycles. The van der Waals surface area contributed by atoms with Gasteiger partial charge in [0.1, 0.15) is 0 Å². The molecular weight excluding hydrogens is 216 g/mol. The number of rotatable bonds is 4. The fourth-order valence-corrected chi connectivity index (χ4v) is 2.23. The SMILES string of the molecule is CC(C)CSc1cc(Cl)ccc1C=O. The van der Waals surface area contributed by atoms with E-state index >= 15 is 0 Å². The topological polar surface area (TPSA) is 17.1 Å². The summed E-state index contributed by atoms with van der Waals surface area (Å²) in [6, 6.07) is 5.35. The lowest BCUT2D eigenvalue weighted by Crippen LogP contribution is -1.92. The average Bonchev–Trinajstić information content (AvgIpc) is 2.15. The molecule has 0 spiro atoms. The van der Waals surface area contributed by atoms with Crippen LogP contribution >= 0.6 is 23.4 Å². The minimum atomic E-state index is 0.610. The second-order valence-corrected chi connectivity index (χ2v) is 5.00. The van der Waals surface area contributed by atoms with Gasteiger partial charge in [-0.25, -0.2) is 0 Å². The van der Waals surface area contributed by atoms with Gasteiger partial charge >= 0.3 is 0 Å². The van der Waals surface area contributed by atoms with Crippen LogP contribution in [-0.2, 0) is 0 Å². The molecule has 0 amide bonds. The Kier molecular flexibility index (Phi) is 4.49. The average molecular weight is 229 g/mol. The summed E-state index contributed by atoms with van der Waals surface area (Å²) in [5.74, 6) is 1.61. The van der Waals surface area contributed by atoms with E-state index in [1.165, 1.54) is 0 Å². The van der Waals surface area contributed by atoms with Crippen LogP contribution in [0.1, 0.15) is 24.2 Å². The zero-order valence-corrected chi connectivity index (χ0v) is 9.86. The van der Waals surface area contributed by atoms with Gasteiger partial charge in [0.25, 0.3) is 0 Å². The van der Waals surface area contributed by atoms with Crippen LogP contribution in [0.5, 0.6) is 0 Å². The second kappa shape index (κ2) is 5.42. The van der Waals surface area contributed by atoms with Gasteiger partial charge in [-0.1, -0.05) is 25.4 Å². The van der Waals surface area contributed by atoms with Gasteiger partial charge in [-0.3, -0.25) is 4.79 Å². The number of hydrogen-bond acceptors (Lipinski definition) is 2. The van der Waals surface area contributed by atoms with Crippen LogP contribution in [0.2, 0.25) is 5.02 Å². The summed E-state index contributed by atoms with van der Waals surface area (Å²) in [4.78, 5) is 11.7. The van der Waals surface area contributed by atoms with Crippen LogP contribution in [0, 0.1) is 5.92 Å². The van der Waals surface area contributed by atoms with Gasteiger partial charge in [0.2, 0.25) is 0 Å². The minimum absolute atomic E-state index is 0.610. The fourth-order valence-electron chi connectivity index (χ4n) is 0.987. The molecule has 0 N–H and O–H groups in total. The summed E-state index contributed by atoms with van der Waals surface area (Å²) < 4.78 is 0. The van der Waals surface area contributed by atoms with E-state index in [-0.39, 0.29) is 0 Å². The Labute approximate surface area is 93.8 Å². The molecule has 0 saturated heterocycles. The van der Waals surface area contributed by atoms with E-state index in [0.717, 1.165) is 22.5 Å². The number of hydrogen-bond donors (Lipinski definition) is 0. The van der Waals surface area contributed by atoms with Crippen molar-refractivity contribution in [3.63, 3.8) is 0 Å². The van der Waals surface area contributed by atoms with Gasteiger partial charge in [-0.15, -0.1) is 11.8 Å². The standard InChI is InChI=1S/C11H13ClOS/c1-8(2)7-14-11-5-10(12)4-3-9(11)6-13/h3-6,8H,7H2,1-2H3. The molecule has 0 unspecified atom stereocenters. The number of thioether (sulfide) groups is 1. The maximum Gasteiger partial charge on any atom is 0.151 e. The number of benzene rings is 1. The van der Waals surface area contributed by atoms with E-state index < -0.39 is 0 Å². The van der Waals surface area contributed by atoms with Crippen molar-refractivity contribution in [3.8, 4) is 0 Å². The van der Waals surface area contributed by atoms with Crippen LogP contribution < -0.4 is 0 Å². The zero-order chi connectivity index (χ0) is 10.6. The van der Waals surface area contributed by atoms with Crippen molar-refractivity contribution in [2.75, 3.05) is 5.75 Å². The third kappa shape index (κ3) is 3.35. The van der Waals surface area contributed by atoms with E-state index in [2.05, 4.69) is 13.8 Å². The molecule has 14 heavy (non-hydrogen) atoms. The molecule has 3 heteroatoms. The van der Waals surface area contributed by atoms with Crippen LogP contribution in [0.4, 0.5) is 0 Å². The third-order valence-corrected chi connectivity index (χ3v) is 3.41. The molecule has 0 heterocycles. The lowest BCUT2D eigenvalue weighted by atomic mass is 10.2. The normalized spacial score (nSPS) is 10.6. The zero-order valence-electron chi connectivity index (χ0n) is 8.29. The summed E-state index contributed by atoms with van der Waals surface area (Å²) >= 11 is 7.54. The number of halogens is 1. The Bertz CT molecular complexity index is 323. The Morgan fingerprint density at radius 1 is 1.50 bits per heavy atom. The molecule has 0 aliphatic heterocycles. The highest BCUT2D eigenvalue weighted by atomic mass is 35.5. The quantitative estimate of drug-likeness (QED) is 0.574. The second-order valence-electron chi connectivity index (χ2n) is 3.50. The van der Waals surface area contributed by atoms with Gasteiger partial charge in [0, 0.05) is 21.2 Å². The van der Waals surface area contributed by atoms with Crippen molar-refractivity contribution in [1.82, 2.24) is 0 Å². The predicted molar refractivity (Wildman–Crippen MR) is 62.4 cm³/mol. The summed E-state index contributed by atoms with van der Waals surface area (Å²) in [5.41, 5.74) is 0.722. The smallest absolute Gasteiger partial charge is 0.151 e. The molecule has 0 radical (unpaired) electrons. The van der Waals surface area contributed by atoms with Gasteiger partial charge in [0.05, 0.1) is 0 Å². The monoisotopic (exact) mass is 228 g/mol. The van der Waals surface area contributed by atoms with E-state index in [1.807, 2.05) is 6.07 Å². The van der Waals surface area contributed by atoms with Crippen LogP contribution in [0.25, 0.3) is 0 Å². The molecular formula is C11H13ClOS. The lowest BCUT2D eigenvalue weighted by Gasteiger charge is -2.06. The van der Waals surface area contributed by atoms with Crippen molar-refractivity contribution in [3.05, 3.63) is 28.8 Å². The van der Waals surface area contributed by atoms with Crippen molar-refractivity contribution in [2.24, 2.45) is 5.92 Å². The van der Waals surface area contributed by atoms with E-state index in [1.54, 1.807) is 23.9 Å². The maximum atomic E-state index is 10.7. The van der Waals surface area contributed by atoms with E-state index in [9.17, 15) is 4.79 Å². The summed E-state index contributed by atoms with van der Waals surface area (Å²) in [7, 11) is 0. The molecule has 0 atom stereocenters. The van der Waals surface area contributed by atoms with Crippen LogP contribution in [0.3, 0.4) is 0 Å². The van der Waals surface area contributed by atoms with Gasteiger partial charge < -0.3 is 0 Å². The highest BCUT2D eigenvalue weighted by molar-refractivity contribution is 7.99. The van der Waals surface area contributed by atoms with Crippen molar-refractivity contribution < 1.29 is 4.79 Å². The molecule has 0 aliphatic rings. The number of aldehydes is 1. The van der Waals surface area contributed by atoms with Gasteiger partial charge in [0.15, 0.2) is 6.29 Å². The number of carbonyl (C=O) groups excluding carboxylic acids is 1. The van der Waals surface area contributed by atoms with Crippen LogP contribution in [-0.4, -0.2) is 12.0 Å². The first-order valence-corrected chi connectivity index (χ1v) is 5.87. The molecule has 1 aromatic carbocycles. The Morgan fingerprint density at radius 2 is 2.21 bits per heavy atom. The Hall–Kier alpha value is -0.470. The maximum absolute atomic E-state index is 10.7. The molecule has 1 nitrogen and oxygen atoms in total. The summed E-state index contributed by atoms with van der Waals surface area (Å²) in [6.07, 6.45) is 0.874. The Balaban J connectivity index is 2.82. The Morgan fingerprint density at radius 3 is 2.79 bits per heavy atom. The molecule has 0 saturated carbocycles. The first-order valence-electron chi connectivity index (χ1n) is 4.51. The fraction of sp³-hybridized carbons (Fsp3) is 0.364. The van der Waals surface area contributed by atoms with Crippen LogP contribution in [0.15, 0.2) is 23.1 Å². The first-order chi connectivity index (χ1) is 6.63. The predicted octanol–water partition coefficient (Wildman–Crippen LogP) is 3.90. The molecule has 1 aromatic rings. The first kappa shape index (κ1) is 11.6. The third-order valence-electron chi connectivity index (χ3n) is 1.67. The molecule has 1 rings (SSSR count). The van der Waals surface area contributed by atoms with Crippen molar-refractivity contribution >= 4 is 29.6 Å². The highest BCUT2D eigenvalue weighted by Gasteiger charge is 2.04. The summed E-state index contributed by atoms with van der Waals surface area (Å²) in [5, 5.41) is 0.682. The van der Waals surface area contributed by atoms with E-state index in [4.69, 9.17) is 11.6 Å². The van der Waals surface area contributed by atoms with Gasteiger partial charge in [-0.2, -0.15) is 0 Å². The lowest BCUT2D eigenvalue weighted by molar-refractivity contribution is 0.112. The minimum Gasteiger partial charge on any atom is -0.298 e.